The fraction of sp³-hybridized carbons (Fsp3) is 1.00. The summed E-state index contributed by atoms with van der Waals surface area (Å²) in [6.45, 7) is 1.64. The molecular formula is C9H17F2NO. The molecule has 13 heavy (non-hydrogen) atoms. The minimum absolute atomic E-state index is 0.0384. The van der Waals surface area contributed by atoms with Crippen LogP contribution in [0.4, 0.5) is 8.78 Å². The topological polar surface area (TPSA) is 46.2 Å². The van der Waals surface area contributed by atoms with Gasteiger partial charge in [0.25, 0.3) is 5.92 Å². The summed E-state index contributed by atoms with van der Waals surface area (Å²) in [5, 5.41) is 9.36. The van der Waals surface area contributed by atoms with Crippen LogP contribution in [-0.4, -0.2) is 23.2 Å². The zero-order valence-electron chi connectivity index (χ0n) is 7.84. The lowest BCUT2D eigenvalue weighted by molar-refractivity contribution is -0.0539. The van der Waals surface area contributed by atoms with Gasteiger partial charge in [0, 0.05) is 18.4 Å². The lowest BCUT2D eigenvalue weighted by atomic mass is 9.94. The van der Waals surface area contributed by atoms with E-state index >= 15 is 0 Å². The van der Waals surface area contributed by atoms with Crippen LogP contribution in [-0.2, 0) is 0 Å². The zero-order valence-corrected chi connectivity index (χ0v) is 7.84. The first kappa shape index (κ1) is 10.9. The fourth-order valence-electron chi connectivity index (χ4n) is 1.80. The van der Waals surface area contributed by atoms with E-state index in [-0.39, 0.29) is 12.8 Å². The van der Waals surface area contributed by atoms with Crippen molar-refractivity contribution in [2.24, 2.45) is 11.7 Å². The quantitative estimate of drug-likeness (QED) is 0.713. The van der Waals surface area contributed by atoms with Gasteiger partial charge in [-0.2, -0.15) is 0 Å². The fourth-order valence-corrected chi connectivity index (χ4v) is 1.80. The van der Waals surface area contributed by atoms with Gasteiger partial charge in [0.15, 0.2) is 0 Å². The van der Waals surface area contributed by atoms with Gasteiger partial charge in [-0.1, -0.05) is 0 Å². The van der Waals surface area contributed by atoms with Crippen LogP contribution in [0.1, 0.15) is 32.6 Å². The Balaban J connectivity index is 2.45. The Bertz CT molecular complexity index is 173. The Labute approximate surface area is 77.1 Å². The minimum atomic E-state index is -2.59. The zero-order chi connectivity index (χ0) is 10.1. The lowest BCUT2D eigenvalue weighted by Crippen LogP contribution is -2.36. The highest BCUT2D eigenvalue weighted by molar-refractivity contribution is 4.86. The summed E-state index contributed by atoms with van der Waals surface area (Å²) >= 11 is 0. The number of rotatable bonds is 3. The van der Waals surface area contributed by atoms with Gasteiger partial charge in [0.05, 0.1) is 6.10 Å². The number of halogens is 2. The normalized spacial score (nSPS) is 31.6. The summed E-state index contributed by atoms with van der Waals surface area (Å²) in [5.74, 6) is -3.26. The number of aliphatic hydroxyl groups excluding tert-OH is 1. The van der Waals surface area contributed by atoms with E-state index in [4.69, 9.17) is 5.73 Å². The van der Waals surface area contributed by atoms with Gasteiger partial charge < -0.3 is 10.8 Å². The predicted molar refractivity (Wildman–Crippen MR) is 46.6 cm³/mol. The molecule has 0 amide bonds. The average Bonchev–Trinajstić information content (AvgIpc) is 2.30. The molecule has 1 rings (SSSR count). The highest BCUT2D eigenvalue weighted by Gasteiger charge is 2.44. The van der Waals surface area contributed by atoms with Crippen LogP contribution in [0.2, 0.25) is 0 Å². The first-order chi connectivity index (χ1) is 5.93. The highest BCUT2D eigenvalue weighted by Crippen LogP contribution is 2.42. The molecule has 2 nitrogen and oxygen atoms in total. The van der Waals surface area contributed by atoms with Gasteiger partial charge in [0.2, 0.25) is 0 Å². The van der Waals surface area contributed by atoms with Crippen LogP contribution in [0.5, 0.6) is 0 Å². The maximum atomic E-state index is 13.1. The van der Waals surface area contributed by atoms with Gasteiger partial charge in [-0.3, -0.25) is 0 Å². The third-order valence-corrected chi connectivity index (χ3v) is 2.79. The third-order valence-electron chi connectivity index (χ3n) is 2.79. The molecule has 0 saturated heterocycles. The Morgan fingerprint density at radius 1 is 1.62 bits per heavy atom. The molecule has 4 heteroatoms. The molecule has 1 fully saturated rings. The Hall–Kier alpha value is -0.220. The second-order valence-corrected chi connectivity index (χ2v) is 4.01. The molecule has 1 aliphatic carbocycles. The molecule has 0 radical (unpaired) electrons. The van der Waals surface area contributed by atoms with Crippen LogP contribution in [0.3, 0.4) is 0 Å². The smallest absolute Gasteiger partial charge is 0.251 e. The lowest BCUT2D eigenvalue weighted by Gasteiger charge is -2.23. The third kappa shape index (κ3) is 2.61. The number of aliphatic hydroxyl groups is 1. The maximum absolute atomic E-state index is 13.1. The molecular weight excluding hydrogens is 176 g/mol. The monoisotopic (exact) mass is 193 g/mol. The van der Waals surface area contributed by atoms with Crippen molar-refractivity contribution in [2.75, 3.05) is 0 Å². The van der Waals surface area contributed by atoms with E-state index in [0.29, 0.717) is 12.8 Å². The summed E-state index contributed by atoms with van der Waals surface area (Å²) in [7, 11) is 0. The van der Waals surface area contributed by atoms with Crippen molar-refractivity contribution in [3.8, 4) is 0 Å². The van der Waals surface area contributed by atoms with Gasteiger partial charge in [0.1, 0.15) is 0 Å². The molecule has 3 atom stereocenters. The van der Waals surface area contributed by atoms with E-state index in [1.807, 2.05) is 0 Å². The molecule has 78 valence electrons. The predicted octanol–water partition coefficient (Wildman–Crippen LogP) is 1.52. The molecule has 3 N–H and O–H groups in total. The van der Waals surface area contributed by atoms with Crippen LogP contribution < -0.4 is 5.73 Å². The van der Waals surface area contributed by atoms with Crippen LogP contribution in [0, 0.1) is 5.92 Å². The van der Waals surface area contributed by atoms with E-state index in [1.54, 1.807) is 6.92 Å². The molecule has 0 aliphatic heterocycles. The minimum Gasteiger partial charge on any atom is -0.392 e. The molecule has 0 heterocycles. The Morgan fingerprint density at radius 3 is 2.62 bits per heavy atom. The summed E-state index contributed by atoms with van der Waals surface area (Å²) in [6.07, 6.45) is 0.364. The van der Waals surface area contributed by atoms with Crippen molar-refractivity contribution < 1.29 is 13.9 Å². The van der Waals surface area contributed by atoms with Crippen LogP contribution in [0.15, 0.2) is 0 Å². The number of alkyl halides is 2. The summed E-state index contributed by atoms with van der Waals surface area (Å²) in [4.78, 5) is 0. The molecule has 0 aromatic rings. The van der Waals surface area contributed by atoms with Gasteiger partial charge >= 0.3 is 0 Å². The second kappa shape index (κ2) is 3.88. The Kier molecular flexibility index (Phi) is 3.24. The molecule has 3 unspecified atom stereocenters. The SMILES string of the molecule is CC(N)C(O)CC1CCCC1(F)F. The van der Waals surface area contributed by atoms with Gasteiger partial charge in [-0.15, -0.1) is 0 Å². The Morgan fingerprint density at radius 2 is 2.23 bits per heavy atom. The van der Waals surface area contributed by atoms with E-state index in [9.17, 15) is 13.9 Å². The van der Waals surface area contributed by atoms with Gasteiger partial charge in [-0.05, 0) is 26.2 Å². The average molecular weight is 193 g/mol. The van der Waals surface area contributed by atoms with E-state index in [2.05, 4.69) is 0 Å². The van der Waals surface area contributed by atoms with E-state index in [1.165, 1.54) is 0 Å². The second-order valence-electron chi connectivity index (χ2n) is 4.01. The van der Waals surface area contributed by atoms with Crippen molar-refractivity contribution in [3.05, 3.63) is 0 Å². The molecule has 0 aromatic carbocycles. The first-order valence-corrected chi connectivity index (χ1v) is 4.75. The van der Waals surface area contributed by atoms with Gasteiger partial charge in [-0.25, -0.2) is 8.78 Å². The first-order valence-electron chi connectivity index (χ1n) is 4.75. The molecule has 1 saturated carbocycles. The summed E-state index contributed by atoms with van der Waals surface area (Å²) in [5.41, 5.74) is 5.41. The number of nitrogens with two attached hydrogens (primary N) is 1. The molecule has 0 aromatic heterocycles. The largest absolute Gasteiger partial charge is 0.392 e. The summed E-state index contributed by atoms with van der Waals surface area (Å²) in [6, 6.07) is -0.420. The number of hydrogen-bond donors (Lipinski definition) is 2. The van der Waals surface area contributed by atoms with Crippen molar-refractivity contribution >= 4 is 0 Å². The maximum Gasteiger partial charge on any atom is 0.251 e. The number of hydrogen-bond acceptors (Lipinski definition) is 2. The van der Waals surface area contributed by atoms with Crippen molar-refractivity contribution in [2.45, 2.75) is 50.7 Å². The highest BCUT2D eigenvalue weighted by atomic mass is 19.3. The molecule has 0 spiro atoms. The van der Waals surface area contributed by atoms with Crippen molar-refractivity contribution in [1.82, 2.24) is 0 Å². The van der Waals surface area contributed by atoms with E-state index < -0.39 is 24.0 Å². The molecule has 0 bridgehead atoms. The van der Waals surface area contributed by atoms with Crippen LogP contribution in [0.25, 0.3) is 0 Å². The van der Waals surface area contributed by atoms with Crippen molar-refractivity contribution in [1.29, 1.82) is 0 Å². The molecule has 1 aliphatic rings. The van der Waals surface area contributed by atoms with Crippen molar-refractivity contribution in [3.63, 3.8) is 0 Å². The van der Waals surface area contributed by atoms with E-state index in [0.717, 1.165) is 0 Å². The summed E-state index contributed by atoms with van der Waals surface area (Å²) < 4.78 is 26.2. The van der Waals surface area contributed by atoms with Crippen LogP contribution >= 0.6 is 0 Å². The standard InChI is InChI=1S/C9H17F2NO/c1-6(12)8(13)5-7-3-2-4-9(7,10)11/h6-8,13H,2-5,12H2,1H3.